The van der Waals surface area contributed by atoms with Crippen LogP contribution in [0.4, 0.5) is 5.69 Å². The Balaban J connectivity index is 1.63. The van der Waals surface area contributed by atoms with Gasteiger partial charge in [-0.3, -0.25) is 19.8 Å². The summed E-state index contributed by atoms with van der Waals surface area (Å²) < 4.78 is 5.79. The van der Waals surface area contributed by atoms with Crippen molar-refractivity contribution in [2.75, 3.05) is 4.90 Å². The normalized spacial score (nSPS) is 15.2. The number of carbonyl (C=O) groups excluding carboxylic acids is 2. The monoisotopic (exact) mass is 448 g/mol. The fourth-order valence-electron chi connectivity index (χ4n) is 3.15. The highest BCUT2D eigenvalue weighted by atomic mass is 35.5. The molecule has 0 unspecified atom stereocenters. The van der Waals surface area contributed by atoms with E-state index in [1.807, 2.05) is 49.4 Å². The molecule has 1 saturated heterocycles. The summed E-state index contributed by atoms with van der Waals surface area (Å²) >= 11 is 11.5. The number of hydrogen-bond acceptors (Lipinski definition) is 4. The van der Waals surface area contributed by atoms with Crippen LogP contribution in [-0.2, 0) is 9.59 Å². The van der Waals surface area contributed by atoms with Crippen LogP contribution >= 0.6 is 23.8 Å². The van der Waals surface area contributed by atoms with Crippen molar-refractivity contribution in [1.82, 2.24) is 5.32 Å². The van der Waals surface area contributed by atoms with Gasteiger partial charge in [-0.2, -0.15) is 0 Å². The van der Waals surface area contributed by atoms with Crippen LogP contribution in [0, 0.1) is 6.92 Å². The minimum Gasteiger partial charge on any atom is -0.457 e. The molecule has 3 aromatic carbocycles. The quantitative estimate of drug-likeness (QED) is 0.335. The molecule has 1 aliphatic heterocycles. The Morgan fingerprint density at radius 2 is 1.61 bits per heavy atom. The first-order valence-electron chi connectivity index (χ1n) is 9.43. The van der Waals surface area contributed by atoms with Crippen molar-refractivity contribution in [2.24, 2.45) is 0 Å². The van der Waals surface area contributed by atoms with Crippen molar-refractivity contribution in [2.45, 2.75) is 6.92 Å². The summed E-state index contributed by atoms with van der Waals surface area (Å²) in [7, 11) is 0. The van der Waals surface area contributed by atoms with Gasteiger partial charge in [0.15, 0.2) is 5.11 Å². The van der Waals surface area contributed by atoms with Crippen LogP contribution in [-0.4, -0.2) is 16.9 Å². The maximum absolute atomic E-state index is 13.2. The molecule has 5 nitrogen and oxygen atoms in total. The molecular weight excluding hydrogens is 432 g/mol. The molecule has 2 amide bonds. The van der Waals surface area contributed by atoms with Gasteiger partial charge < -0.3 is 4.74 Å². The van der Waals surface area contributed by atoms with Crippen molar-refractivity contribution in [3.8, 4) is 11.5 Å². The van der Waals surface area contributed by atoms with Crippen molar-refractivity contribution < 1.29 is 14.3 Å². The second-order valence-corrected chi connectivity index (χ2v) is 7.63. The number of nitrogens with zero attached hydrogens (tertiary/aromatic N) is 1. The molecule has 0 saturated carbocycles. The highest BCUT2D eigenvalue weighted by Gasteiger charge is 2.34. The molecule has 1 heterocycles. The van der Waals surface area contributed by atoms with Crippen molar-refractivity contribution >= 4 is 52.5 Å². The van der Waals surface area contributed by atoms with Crippen LogP contribution in [0.15, 0.2) is 78.4 Å². The minimum atomic E-state index is -0.561. The van der Waals surface area contributed by atoms with Gasteiger partial charge in [0.2, 0.25) is 0 Å². The Labute approximate surface area is 189 Å². The summed E-state index contributed by atoms with van der Waals surface area (Å²) in [6, 6.07) is 21.6. The molecular formula is C24H17ClN2O3S. The molecule has 0 aliphatic carbocycles. The van der Waals surface area contributed by atoms with Gasteiger partial charge in [0.05, 0.1) is 5.69 Å². The highest BCUT2D eigenvalue weighted by molar-refractivity contribution is 7.80. The molecule has 0 radical (unpaired) electrons. The van der Waals surface area contributed by atoms with E-state index in [4.69, 9.17) is 28.6 Å². The van der Waals surface area contributed by atoms with Gasteiger partial charge in [0.1, 0.15) is 17.1 Å². The predicted octanol–water partition coefficient (Wildman–Crippen LogP) is 5.27. The number of thiocarbonyl (C=S) groups is 1. The Bertz CT molecular complexity index is 1190. The highest BCUT2D eigenvalue weighted by Crippen LogP contribution is 2.28. The number of anilines is 1. The first-order chi connectivity index (χ1) is 14.9. The average molecular weight is 449 g/mol. The largest absolute Gasteiger partial charge is 0.457 e. The number of benzene rings is 3. The van der Waals surface area contributed by atoms with Crippen LogP contribution in [0.25, 0.3) is 6.08 Å². The second-order valence-electron chi connectivity index (χ2n) is 6.84. The summed E-state index contributed by atoms with van der Waals surface area (Å²) in [5.41, 5.74) is 1.93. The molecule has 154 valence electrons. The number of para-hydroxylation sites is 1. The van der Waals surface area contributed by atoms with Crippen LogP contribution in [0.5, 0.6) is 11.5 Å². The molecule has 1 N–H and O–H groups in total. The van der Waals surface area contributed by atoms with E-state index in [9.17, 15) is 9.59 Å². The molecule has 7 heteroatoms. The first kappa shape index (κ1) is 20.8. The van der Waals surface area contributed by atoms with Gasteiger partial charge in [-0.05, 0) is 78.8 Å². The third-order valence-electron chi connectivity index (χ3n) is 4.74. The number of aryl methyl sites for hydroxylation is 1. The van der Waals surface area contributed by atoms with Crippen LogP contribution < -0.4 is 15.0 Å². The topological polar surface area (TPSA) is 58.6 Å². The van der Waals surface area contributed by atoms with E-state index in [2.05, 4.69) is 5.32 Å². The lowest BCUT2D eigenvalue weighted by atomic mass is 10.0. The van der Waals surface area contributed by atoms with Crippen LogP contribution in [0.1, 0.15) is 11.1 Å². The van der Waals surface area contributed by atoms with E-state index >= 15 is 0 Å². The Morgan fingerprint density at radius 3 is 2.29 bits per heavy atom. The van der Waals surface area contributed by atoms with Gasteiger partial charge in [-0.1, -0.05) is 41.9 Å². The van der Waals surface area contributed by atoms with E-state index in [1.54, 1.807) is 30.3 Å². The van der Waals surface area contributed by atoms with E-state index in [0.29, 0.717) is 27.8 Å². The zero-order chi connectivity index (χ0) is 22.0. The fourth-order valence-corrected chi connectivity index (χ4v) is 3.71. The molecule has 0 bridgehead atoms. The number of halogens is 1. The first-order valence-corrected chi connectivity index (χ1v) is 10.2. The lowest BCUT2D eigenvalue weighted by molar-refractivity contribution is -0.122. The van der Waals surface area contributed by atoms with Gasteiger partial charge in [-0.25, -0.2) is 0 Å². The standard InChI is InChI=1S/C24H17ClN2O3S/c1-15-6-5-9-21(25)19(15)14-20-22(28)26-24(31)27(23(20)29)16-10-12-18(13-11-16)30-17-7-3-2-4-8-17/h2-14H,1H3,(H,26,28,31)/b20-14+. The third kappa shape index (κ3) is 4.35. The minimum absolute atomic E-state index is 0.0137. The number of nitrogens with one attached hydrogen (secondary N) is 1. The number of hydrogen-bond donors (Lipinski definition) is 1. The van der Waals surface area contributed by atoms with Gasteiger partial charge in [0.25, 0.3) is 11.8 Å². The molecule has 0 spiro atoms. The van der Waals surface area contributed by atoms with E-state index < -0.39 is 11.8 Å². The lowest BCUT2D eigenvalue weighted by Crippen LogP contribution is -2.54. The summed E-state index contributed by atoms with van der Waals surface area (Å²) in [6.45, 7) is 1.86. The SMILES string of the molecule is Cc1cccc(Cl)c1/C=C1\C(=O)NC(=S)N(c2ccc(Oc3ccccc3)cc2)C1=O. The number of carbonyl (C=O) groups is 2. The zero-order valence-corrected chi connectivity index (χ0v) is 18.0. The van der Waals surface area contributed by atoms with Gasteiger partial charge in [-0.15, -0.1) is 0 Å². The zero-order valence-electron chi connectivity index (χ0n) is 16.5. The average Bonchev–Trinajstić information content (AvgIpc) is 2.75. The second kappa shape index (κ2) is 8.71. The molecule has 0 atom stereocenters. The molecule has 1 fully saturated rings. The van der Waals surface area contributed by atoms with Gasteiger partial charge in [0, 0.05) is 5.02 Å². The van der Waals surface area contributed by atoms with Crippen LogP contribution in [0.3, 0.4) is 0 Å². The van der Waals surface area contributed by atoms with E-state index in [1.165, 1.54) is 11.0 Å². The van der Waals surface area contributed by atoms with Crippen molar-refractivity contribution in [3.63, 3.8) is 0 Å². The Morgan fingerprint density at radius 1 is 0.935 bits per heavy atom. The maximum atomic E-state index is 13.2. The summed E-state index contributed by atoms with van der Waals surface area (Å²) in [6.07, 6.45) is 1.50. The maximum Gasteiger partial charge on any atom is 0.270 e. The molecule has 3 aromatic rings. The fraction of sp³-hybridized carbons (Fsp3) is 0.0417. The predicted molar refractivity (Wildman–Crippen MR) is 125 cm³/mol. The molecule has 1 aliphatic rings. The summed E-state index contributed by atoms with van der Waals surface area (Å²) in [4.78, 5) is 27.0. The van der Waals surface area contributed by atoms with Gasteiger partial charge >= 0.3 is 0 Å². The Hall–Kier alpha value is -3.48. The van der Waals surface area contributed by atoms with Crippen molar-refractivity contribution in [3.05, 3.63) is 94.5 Å². The summed E-state index contributed by atoms with van der Waals surface area (Å²) in [5.74, 6) is 0.226. The smallest absolute Gasteiger partial charge is 0.270 e. The number of rotatable bonds is 4. The van der Waals surface area contributed by atoms with Crippen molar-refractivity contribution in [1.29, 1.82) is 0 Å². The van der Waals surface area contributed by atoms with E-state index in [-0.39, 0.29) is 10.7 Å². The molecule has 4 rings (SSSR count). The number of ether oxygens (including phenoxy) is 1. The lowest BCUT2D eigenvalue weighted by Gasteiger charge is -2.29. The Kier molecular flexibility index (Phi) is 5.84. The summed E-state index contributed by atoms with van der Waals surface area (Å²) in [5, 5.41) is 3.04. The van der Waals surface area contributed by atoms with E-state index in [0.717, 1.165) is 5.56 Å². The third-order valence-corrected chi connectivity index (χ3v) is 5.35. The molecule has 0 aromatic heterocycles. The van der Waals surface area contributed by atoms with Crippen LogP contribution in [0.2, 0.25) is 5.02 Å². The number of amides is 2. The molecule has 31 heavy (non-hydrogen) atoms.